The molecule has 1 heterocycles. The van der Waals surface area contributed by atoms with E-state index in [2.05, 4.69) is 30.6 Å². The Morgan fingerprint density at radius 3 is 2.60 bits per heavy atom. The van der Waals surface area contributed by atoms with Gasteiger partial charge in [0.25, 0.3) is 0 Å². The van der Waals surface area contributed by atoms with Gasteiger partial charge >= 0.3 is 0 Å². The number of hydrogen-bond donors (Lipinski definition) is 2. The highest BCUT2D eigenvalue weighted by molar-refractivity contribution is 8.03. The van der Waals surface area contributed by atoms with Crippen LogP contribution in [0.4, 0.5) is 5.69 Å². The van der Waals surface area contributed by atoms with Gasteiger partial charge in [0.2, 0.25) is 5.91 Å². The van der Waals surface area contributed by atoms with Crippen molar-refractivity contribution in [3.05, 3.63) is 85.5 Å². The van der Waals surface area contributed by atoms with E-state index in [-0.39, 0.29) is 22.9 Å². The van der Waals surface area contributed by atoms with Crippen LogP contribution in [0.25, 0.3) is 0 Å². The zero-order chi connectivity index (χ0) is 25.3. The number of nitriles is 1. The molecule has 0 radical (unpaired) electrons. The molecule has 1 amide bonds. The van der Waals surface area contributed by atoms with Crippen molar-refractivity contribution in [1.29, 1.82) is 5.26 Å². The van der Waals surface area contributed by atoms with Gasteiger partial charge in [0.15, 0.2) is 5.78 Å². The van der Waals surface area contributed by atoms with Crippen molar-refractivity contribution in [2.45, 2.75) is 39.5 Å². The van der Waals surface area contributed by atoms with E-state index in [1.165, 1.54) is 11.8 Å². The van der Waals surface area contributed by atoms with Gasteiger partial charge in [0.1, 0.15) is 0 Å². The van der Waals surface area contributed by atoms with Gasteiger partial charge in [-0.15, -0.1) is 0 Å². The summed E-state index contributed by atoms with van der Waals surface area (Å²) < 4.78 is 0. The van der Waals surface area contributed by atoms with Crippen LogP contribution in [0.15, 0.2) is 64.3 Å². The molecule has 35 heavy (non-hydrogen) atoms. The molecule has 0 spiro atoms. The smallest absolute Gasteiger partial charge is 0.234 e. The minimum absolute atomic E-state index is 0.0367. The molecule has 0 unspecified atom stereocenters. The second-order valence-electron chi connectivity index (χ2n) is 9.55. The number of dihydropyridines is 1. The molecule has 2 N–H and O–H groups in total. The Hall–Kier alpha value is -2.72. The number of benzene rings is 2. The molecule has 0 bridgehead atoms. The zero-order valence-electron chi connectivity index (χ0n) is 19.7. The maximum Gasteiger partial charge on any atom is 0.234 e. The highest BCUT2D eigenvalue weighted by Crippen LogP contribution is 2.48. The minimum Gasteiger partial charge on any atom is -0.352 e. The molecule has 0 saturated heterocycles. The van der Waals surface area contributed by atoms with E-state index < -0.39 is 5.92 Å². The molecule has 0 fully saturated rings. The highest BCUT2D eigenvalue weighted by Gasteiger charge is 2.41. The number of hydrogen-bond acceptors (Lipinski definition) is 5. The maximum absolute atomic E-state index is 13.3. The van der Waals surface area contributed by atoms with Crippen molar-refractivity contribution in [2.75, 3.05) is 11.1 Å². The summed E-state index contributed by atoms with van der Waals surface area (Å²) in [4.78, 5) is 26.0. The molecule has 0 saturated carbocycles. The van der Waals surface area contributed by atoms with Gasteiger partial charge in [0, 0.05) is 33.4 Å². The van der Waals surface area contributed by atoms with Gasteiger partial charge in [-0.1, -0.05) is 67.0 Å². The van der Waals surface area contributed by atoms with Crippen LogP contribution in [0, 0.1) is 23.7 Å². The SMILES string of the molecule is Cc1c(Cl)cccc1NC(=O)CSC1=C(C#N)[C@H](c2ccc(Cl)cc2)C2=C(CC(C)(C)CC2=O)N1. The number of carbonyl (C=O) groups excluding carboxylic acids is 2. The Labute approximate surface area is 219 Å². The predicted octanol–water partition coefficient (Wildman–Crippen LogP) is 6.74. The summed E-state index contributed by atoms with van der Waals surface area (Å²) in [5.41, 5.74) is 3.94. The lowest BCUT2D eigenvalue weighted by atomic mass is 9.69. The number of amides is 1. The van der Waals surface area contributed by atoms with E-state index in [4.69, 9.17) is 23.2 Å². The summed E-state index contributed by atoms with van der Waals surface area (Å²) in [7, 11) is 0. The lowest BCUT2D eigenvalue weighted by Crippen LogP contribution is -2.37. The number of rotatable bonds is 5. The lowest BCUT2D eigenvalue weighted by Gasteiger charge is -2.39. The Morgan fingerprint density at radius 2 is 1.91 bits per heavy atom. The molecule has 2 aliphatic rings. The van der Waals surface area contributed by atoms with Crippen molar-refractivity contribution in [3.63, 3.8) is 0 Å². The Morgan fingerprint density at radius 1 is 1.20 bits per heavy atom. The van der Waals surface area contributed by atoms with E-state index in [0.717, 1.165) is 16.8 Å². The fraction of sp³-hybridized carbons (Fsp3) is 0.296. The van der Waals surface area contributed by atoms with Crippen LogP contribution in [0.3, 0.4) is 0 Å². The fourth-order valence-corrected chi connectivity index (χ4v) is 5.71. The summed E-state index contributed by atoms with van der Waals surface area (Å²) in [6, 6.07) is 14.9. The zero-order valence-corrected chi connectivity index (χ0v) is 22.0. The van der Waals surface area contributed by atoms with E-state index in [1.807, 2.05) is 19.1 Å². The minimum atomic E-state index is -0.502. The molecule has 2 aromatic rings. The van der Waals surface area contributed by atoms with Gasteiger partial charge in [-0.2, -0.15) is 5.26 Å². The third-order valence-electron chi connectivity index (χ3n) is 6.22. The molecular weight excluding hydrogens is 501 g/mol. The van der Waals surface area contributed by atoms with Crippen LogP contribution in [0.5, 0.6) is 0 Å². The summed E-state index contributed by atoms with van der Waals surface area (Å²) >= 11 is 13.5. The Balaban J connectivity index is 1.65. The first-order valence-corrected chi connectivity index (χ1v) is 12.9. The van der Waals surface area contributed by atoms with Gasteiger partial charge in [-0.05, 0) is 54.2 Å². The Kier molecular flexibility index (Phi) is 7.32. The molecule has 0 aromatic heterocycles. The van der Waals surface area contributed by atoms with Crippen LogP contribution in [-0.2, 0) is 9.59 Å². The fourth-order valence-electron chi connectivity index (χ4n) is 4.55. The molecular formula is C27H25Cl2N3O2S. The normalized spacial score (nSPS) is 19.1. The van der Waals surface area contributed by atoms with Crippen molar-refractivity contribution in [1.82, 2.24) is 5.32 Å². The number of ketones is 1. The lowest BCUT2D eigenvalue weighted by molar-refractivity contribution is -0.118. The number of anilines is 1. The molecule has 1 atom stereocenters. The molecule has 2 aromatic carbocycles. The first-order chi connectivity index (χ1) is 16.6. The topological polar surface area (TPSA) is 82.0 Å². The number of nitrogens with zero attached hydrogens (tertiary/aromatic N) is 1. The van der Waals surface area contributed by atoms with E-state index >= 15 is 0 Å². The average molecular weight is 526 g/mol. The predicted molar refractivity (Wildman–Crippen MR) is 142 cm³/mol. The first kappa shape index (κ1) is 25.4. The largest absolute Gasteiger partial charge is 0.352 e. The van der Waals surface area contributed by atoms with Gasteiger partial charge in [-0.25, -0.2) is 0 Å². The van der Waals surface area contributed by atoms with Crippen LogP contribution in [0.1, 0.15) is 43.7 Å². The second kappa shape index (κ2) is 10.1. The number of halogens is 2. The van der Waals surface area contributed by atoms with Crippen molar-refractivity contribution >= 4 is 52.3 Å². The molecule has 180 valence electrons. The highest BCUT2D eigenvalue weighted by atomic mass is 35.5. The summed E-state index contributed by atoms with van der Waals surface area (Å²) in [5.74, 6) is -0.588. The van der Waals surface area contributed by atoms with Crippen LogP contribution < -0.4 is 10.6 Å². The quantitative estimate of drug-likeness (QED) is 0.451. The summed E-state index contributed by atoms with van der Waals surface area (Å²) in [6.07, 6.45) is 1.09. The second-order valence-corrected chi connectivity index (χ2v) is 11.4. The van der Waals surface area contributed by atoms with E-state index in [0.29, 0.717) is 44.7 Å². The number of thioether (sulfide) groups is 1. The summed E-state index contributed by atoms with van der Waals surface area (Å²) in [5, 5.41) is 18.1. The summed E-state index contributed by atoms with van der Waals surface area (Å²) in [6.45, 7) is 5.96. The van der Waals surface area contributed by atoms with E-state index in [1.54, 1.807) is 30.3 Å². The maximum atomic E-state index is 13.3. The monoisotopic (exact) mass is 525 g/mol. The first-order valence-electron chi connectivity index (χ1n) is 11.2. The molecule has 8 heteroatoms. The number of Topliss-reactive ketones (excluding diaryl/α,β-unsaturated/α-hetero) is 1. The standard InChI is InChI=1S/C27H25Cl2N3O2S/c1-15-19(29)5-4-6-20(15)31-23(34)14-35-26-18(13-30)24(16-7-9-17(28)10-8-16)25-21(32-26)11-27(2,3)12-22(25)33/h4-10,24,32H,11-12,14H2,1-3H3,(H,31,34)/t24-/m0/s1. The van der Waals surface area contributed by atoms with Crippen LogP contribution in [-0.4, -0.2) is 17.4 Å². The number of nitrogens with one attached hydrogen (secondary N) is 2. The van der Waals surface area contributed by atoms with Crippen molar-refractivity contribution in [3.8, 4) is 6.07 Å². The molecule has 5 nitrogen and oxygen atoms in total. The number of allylic oxidation sites excluding steroid dienone is 3. The van der Waals surface area contributed by atoms with Gasteiger partial charge in [0.05, 0.1) is 28.3 Å². The van der Waals surface area contributed by atoms with Crippen molar-refractivity contribution in [2.24, 2.45) is 5.41 Å². The molecule has 4 rings (SSSR count). The van der Waals surface area contributed by atoms with Crippen LogP contribution in [0.2, 0.25) is 10.0 Å². The average Bonchev–Trinajstić information content (AvgIpc) is 2.79. The number of carbonyl (C=O) groups is 2. The molecule has 1 aliphatic carbocycles. The Bertz CT molecular complexity index is 1310. The molecule has 1 aliphatic heterocycles. The van der Waals surface area contributed by atoms with Gasteiger partial charge < -0.3 is 10.6 Å². The van der Waals surface area contributed by atoms with E-state index in [9.17, 15) is 14.9 Å². The van der Waals surface area contributed by atoms with Gasteiger partial charge in [-0.3, -0.25) is 9.59 Å². The third kappa shape index (κ3) is 5.43. The third-order valence-corrected chi connectivity index (χ3v) is 7.90. The van der Waals surface area contributed by atoms with Crippen molar-refractivity contribution < 1.29 is 9.59 Å². The van der Waals surface area contributed by atoms with Crippen LogP contribution >= 0.6 is 35.0 Å².